The minimum atomic E-state index is -4.81. The molecule has 2 aromatic rings. The van der Waals surface area contributed by atoms with E-state index in [-0.39, 0.29) is 24.7 Å². The molecule has 2 N–H and O–H groups in total. The predicted octanol–water partition coefficient (Wildman–Crippen LogP) is 2.60. The number of alkyl halides is 3. The summed E-state index contributed by atoms with van der Waals surface area (Å²) >= 11 is 0. The van der Waals surface area contributed by atoms with Crippen molar-refractivity contribution in [3.63, 3.8) is 0 Å². The van der Waals surface area contributed by atoms with E-state index in [0.717, 1.165) is 17.0 Å². The highest BCUT2D eigenvalue weighted by Gasteiger charge is 2.37. The Balaban J connectivity index is 1.99. The first-order chi connectivity index (χ1) is 13.7. The molecule has 11 heteroatoms. The fourth-order valence-corrected chi connectivity index (χ4v) is 3.10. The summed E-state index contributed by atoms with van der Waals surface area (Å²) in [6.07, 6.45) is -3.35. The highest BCUT2D eigenvalue weighted by atomic mass is 19.4. The largest absolute Gasteiger partial charge is 0.573 e. The molecule has 2 heterocycles. The summed E-state index contributed by atoms with van der Waals surface area (Å²) in [4.78, 5) is 31.1. The maximum atomic E-state index is 12.8. The predicted molar refractivity (Wildman–Crippen MR) is 96.4 cm³/mol. The van der Waals surface area contributed by atoms with Crippen molar-refractivity contribution in [3.8, 4) is 5.75 Å². The molecular formula is C18H17F3N4O4. The van der Waals surface area contributed by atoms with Gasteiger partial charge < -0.3 is 15.2 Å². The monoisotopic (exact) mass is 410 g/mol. The number of halogens is 3. The number of hydrogen-bond donors (Lipinski definition) is 1. The first-order valence-corrected chi connectivity index (χ1v) is 8.40. The number of carbonyl (C=O) groups is 2. The molecule has 8 nitrogen and oxygen atoms in total. The standard InChI is InChI=1S/C18H17F3N4O4/c1-28-10-14(11-4-6-12(7-5-11)29-18(19,20)21)25-13-3-2-8-23-16(13)24(17(22)27)9-15(25)26/h2-8,14H,9-10H2,1H3,(H2,22,27). The molecule has 1 aliphatic rings. The summed E-state index contributed by atoms with van der Waals surface area (Å²) < 4.78 is 46.3. The van der Waals surface area contributed by atoms with Crippen LogP contribution in [0.1, 0.15) is 11.6 Å². The Morgan fingerprint density at radius 3 is 2.55 bits per heavy atom. The summed E-state index contributed by atoms with van der Waals surface area (Å²) in [5, 5.41) is 0. The van der Waals surface area contributed by atoms with Crippen LogP contribution in [0.5, 0.6) is 5.75 Å². The molecule has 0 aliphatic carbocycles. The molecule has 1 atom stereocenters. The summed E-state index contributed by atoms with van der Waals surface area (Å²) in [6, 6.07) is 6.82. The molecule has 1 aromatic carbocycles. The second kappa shape index (κ2) is 7.95. The lowest BCUT2D eigenvalue weighted by Gasteiger charge is -2.38. The molecule has 0 saturated heterocycles. The number of fused-ring (bicyclic) bond motifs is 1. The summed E-state index contributed by atoms with van der Waals surface area (Å²) in [5.41, 5.74) is 6.19. The molecule has 1 aliphatic heterocycles. The van der Waals surface area contributed by atoms with E-state index in [2.05, 4.69) is 9.72 Å². The van der Waals surface area contributed by atoms with Gasteiger partial charge in [-0.05, 0) is 29.8 Å². The summed E-state index contributed by atoms with van der Waals surface area (Å²) in [6.45, 7) is -0.273. The summed E-state index contributed by atoms with van der Waals surface area (Å²) in [5.74, 6) is -0.621. The number of benzene rings is 1. The van der Waals surface area contributed by atoms with Crippen molar-refractivity contribution >= 4 is 23.4 Å². The number of carbonyl (C=O) groups excluding carboxylic acids is 2. The quantitative estimate of drug-likeness (QED) is 0.817. The van der Waals surface area contributed by atoms with E-state index in [1.54, 1.807) is 12.1 Å². The Hall–Kier alpha value is -3.34. The Bertz CT molecular complexity index is 905. The van der Waals surface area contributed by atoms with Gasteiger partial charge in [0.05, 0.1) is 18.3 Å². The molecule has 154 valence electrons. The van der Waals surface area contributed by atoms with Crippen molar-refractivity contribution < 1.29 is 32.2 Å². The van der Waals surface area contributed by atoms with Crippen LogP contribution in [0.15, 0.2) is 42.6 Å². The summed E-state index contributed by atoms with van der Waals surface area (Å²) in [7, 11) is 1.43. The van der Waals surface area contributed by atoms with Crippen LogP contribution in [-0.4, -0.2) is 43.5 Å². The number of aromatic nitrogens is 1. The Kier molecular flexibility index (Phi) is 5.59. The molecule has 1 aromatic heterocycles. The van der Waals surface area contributed by atoms with Gasteiger partial charge in [0.1, 0.15) is 12.3 Å². The third-order valence-corrected chi connectivity index (χ3v) is 4.24. The van der Waals surface area contributed by atoms with Gasteiger partial charge in [0.15, 0.2) is 5.82 Å². The number of methoxy groups -OCH3 is 1. The van der Waals surface area contributed by atoms with Crippen LogP contribution >= 0.6 is 0 Å². The van der Waals surface area contributed by atoms with Gasteiger partial charge in [-0.3, -0.25) is 14.6 Å². The first-order valence-electron chi connectivity index (χ1n) is 8.40. The fourth-order valence-electron chi connectivity index (χ4n) is 3.10. The third-order valence-electron chi connectivity index (χ3n) is 4.24. The molecule has 0 bridgehead atoms. The van der Waals surface area contributed by atoms with E-state index in [4.69, 9.17) is 10.5 Å². The number of hydrogen-bond acceptors (Lipinski definition) is 5. The van der Waals surface area contributed by atoms with Gasteiger partial charge >= 0.3 is 12.4 Å². The van der Waals surface area contributed by atoms with E-state index in [0.29, 0.717) is 11.3 Å². The average Bonchev–Trinajstić information content (AvgIpc) is 2.65. The van der Waals surface area contributed by atoms with Gasteiger partial charge in [-0.1, -0.05) is 12.1 Å². The van der Waals surface area contributed by atoms with Crippen LogP contribution in [0.4, 0.5) is 29.5 Å². The van der Waals surface area contributed by atoms with Gasteiger partial charge in [-0.15, -0.1) is 13.2 Å². The number of ether oxygens (including phenoxy) is 2. The van der Waals surface area contributed by atoms with Crippen LogP contribution in [0.25, 0.3) is 0 Å². The van der Waals surface area contributed by atoms with Crippen molar-refractivity contribution in [3.05, 3.63) is 48.2 Å². The lowest BCUT2D eigenvalue weighted by Crippen LogP contribution is -2.52. The van der Waals surface area contributed by atoms with Gasteiger partial charge in [0.25, 0.3) is 0 Å². The average molecular weight is 410 g/mol. The smallest absolute Gasteiger partial charge is 0.406 e. The SMILES string of the molecule is COCC(c1ccc(OC(F)(F)F)cc1)N1C(=O)CN(C(N)=O)c2ncccc21. The van der Waals surface area contributed by atoms with Crippen molar-refractivity contribution in [2.24, 2.45) is 5.73 Å². The fraction of sp³-hybridized carbons (Fsp3) is 0.278. The van der Waals surface area contributed by atoms with Crippen molar-refractivity contribution in [2.45, 2.75) is 12.4 Å². The lowest BCUT2D eigenvalue weighted by molar-refractivity contribution is -0.274. The highest BCUT2D eigenvalue weighted by molar-refractivity contribution is 6.09. The van der Waals surface area contributed by atoms with Gasteiger partial charge in [-0.2, -0.15) is 0 Å². The number of primary amides is 1. The number of pyridine rings is 1. The molecule has 0 radical (unpaired) electrons. The Morgan fingerprint density at radius 2 is 1.97 bits per heavy atom. The van der Waals surface area contributed by atoms with E-state index in [9.17, 15) is 22.8 Å². The molecule has 0 saturated carbocycles. The highest BCUT2D eigenvalue weighted by Crippen LogP contribution is 2.37. The Labute approximate surface area is 163 Å². The maximum absolute atomic E-state index is 12.8. The second-order valence-corrected chi connectivity index (χ2v) is 6.12. The van der Waals surface area contributed by atoms with Crippen molar-refractivity contribution in [1.29, 1.82) is 0 Å². The minimum Gasteiger partial charge on any atom is -0.406 e. The second-order valence-electron chi connectivity index (χ2n) is 6.12. The number of nitrogens with zero attached hydrogens (tertiary/aromatic N) is 3. The number of anilines is 2. The first kappa shape index (κ1) is 20.4. The van der Waals surface area contributed by atoms with E-state index >= 15 is 0 Å². The number of urea groups is 1. The molecule has 1 unspecified atom stereocenters. The van der Waals surface area contributed by atoms with E-state index in [1.807, 2.05) is 0 Å². The zero-order valence-electron chi connectivity index (χ0n) is 15.2. The molecule has 3 rings (SSSR count). The van der Waals surface area contributed by atoms with Crippen LogP contribution in [0.2, 0.25) is 0 Å². The number of amides is 3. The zero-order valence-corrected chi connectivity index (χ0v) is 15.2. The van der Waals surface area contributed by atoms with Crippen LogP contribution in [0, 0.1) is 0 Å². The normalized spacial score (nSPS) is 15.1. The van der Waals surface area contributed by atoms with Crippen molar-refractivity contribution in [2.75, 3.05) is 30.1 Å². The lowest BCUT2D eigenvalue weighted by atomic mass is 10.0. The Morgan fingerprint density at radius 1 is 1.28 bits per heavy atom. The van der Waals surface area contributed by atoms with Crippen molar-refractivity contribution in [1.82, 2.24) is 4.98 Å². The van der Waals surface area contributed by atoms with E-state index < -0.39 is 24.3 Å². The third kappa shape index (κ3) is 4.40. The van der Waals surface area contributed by atoms with Crippen LogP contribution in [-0.2, 0) is 9.53 Å². The minimum absolute atomic E-state index is 0.0517. The van der Waals surface area contributed by atoms with Gasteiger partial charge in [-0.25, -0.2) is 9.78 Å². The topological polar surface area (TPSA) is 98.0 Å². The maximum Gasteiger partial charge on any atom is 0.573 e. The molecular weight excluding hydrogens is 393 g/mol. The number of rotatable bonds is 5. The zero-order chi connectivity index (χ0) is 21.2. The van der Waals surface area contributed by atoms with Gasteiger partial charge in [0, 0.05) is 13.3 Å². The molecule has 0 spiro atoms. The molecule has 29 heavy (non-hydrogen) atoms. The van der Waals surface area contributed by atoms with Crippen LogP contribution < -0.4 is 20.3 Å². The number of nitrogens with two attached hydrogens (primary N) is 1. The van der Waals surface area contributed by atoms with Gasteiger partial charge in [0.2, 0.25) is 5.91 Å². The molecule has 0 fully saturated rings. The molecule has 3 amide bonds. The van der Waals surface area contributed by atoms with Crippen LogP contribution in [0.3, 0.4) is 0 Å². The van der Waals surface area contributed by atoms with E-state index in [1.165, 1.54) is 30.3 Å².